The van der Waals surface area contributed by atoms with Gasteiger partial charge in [0.25, 0.3) is 0 Å². The lowest BCUT2D eigenvalue weighted by Gasteiger charge is -2.46. The summed E-state index contributed by atoms with van der Waals surface area (Å²) in [6.07, 6.45) is -0.850. The molecular formula is C21H36O8. The van der Waals surface area contributed by atoms with Crippen molar-refractivity contribution in [1.82, 2.24) is 0 Å². The van der Waals surface area contributed by atoms with E-state index in [4.69, 9.17) is 14.7 Å². The predicted octanol–water partition coefficient (Wildman–Crippen LogP) is 1.52. The highest BCUT2D eigenvalue weighted by atomic mass is 17.1. The van der Waals surface area contributed by atoms with Gasteiger partial charge in [-0.15, -0.1) is 0 Å². The smallest absolute Gasteiger partial charge is 0.187 e. The maximum absolute atomic E-state index is 10.4. The monoisotopic (exact) mass is 416 g/mol. The van der Waals surface area contributed by atoms with Gasteiger partial charge in [0.05, 0.1) is 17.8 Å². The van der Waals surface area contributed by atoms with Crippen LogP contribution in [0.25, 0.3) is 0 Å². The molecule has 1 aliphatic heterocycles. The van der Waals surface area contributed by atoms with Crippen molar-refractivity contribution in [3.05, 3.63) is 24.3 Å². The van der Waals surface area contributed by atoms with Crippen LogP contribution in [-0.2, 0) is 14.4 Å². The Balaban J connectivity index is 2.22. The molecule has 3 unspecified atom stereocenters. The summed E-state index contributed by atoms with van der Waals surface area (Å²) >= 11 is 0. The fraction of sp³-hybridized carbons (Fsp3) is 0.810. The summed E-state index contributed by atoms with van der Waals surface area (Å²) in [4.78, 5) is 4.57. The van der Waals surface area contributed by atoms with Gasteiger partial charge in [-0.2, -0.15) is 0 Å². The highest BCUT2D eigenvalue weighted by molar-refractivity contribution is 5.11. The van der Waals surface area contributed by atoms with E-state index in [1.54, 1.807) is 26.8 Å². The molecule has 2 aliphatic rings. The molecule has 0 radical (unpaired) electrons. The van der Waals surface area contributed by atoms with Crippen LogP contribution in [0.4, 0.5) is 0 Å². The van der Waals surface area contributed by atoms with Crippen LogP contribution in [0, 0.1) is 5.92 Å². The molecule has 8 nitrogen and oxygen atoms in total. The molecule has 1 saturated heterocycles. The van der Waals surface area contributed by atoms with Crippen LogP contribution < -0.4 is 0 Å². The fourth-order valence-corrected chi connectivity index (χ4v) is 3.90. The van der Waals surface area contributed by atoms with Crippen molar-refractivity contribution in [3.63, 3.8) is 0 Å². The predicted molar refractivity (Wildman–Crippen MR) is 106 cm³/mol. The van der Waals surface area contributed by atoms with E-state index in [9.17, 15) is 20.4 Å². The topological polar surface area (TPSA) is 129 Å². The second kappa shape index (κ2) is 9.53. The van der Waals surface area contributed by atoms with Gasteiger partial charge in [0.2, 0.25) is 0 Å². The Labute approximate surface area is 172 Å². The molecule has 0 spiro atoms. The van der Waals surface area contributed by atoms with Crippen molar-refractivity contribution < 1.29 is 40.0 Å². The normalized spacial score (nSPS) is 41.0. The van der Waals surface area contributed by atoms with Gasteiger partial charge in [0, 0.05) is 5.92 Å². The summed E-state index contributed by atoms with van der Waals surface area (Å²) in [7, 11) is 0. The minimum atomic E-state index is -1.41. The standard InChI is InChI=1S/C21H36O8/c1-12(2)15(22)8-11-21(5,14-6-9-20(4,29-26)10-7-14)28-19-18(25)17(24)16(23)13(3)27-19/h6,9,13-19,22-26H,1,7-8,10-11H2,2-5H3/t13-,14-,15?,16+,17+,18-,19+,20?,21?/m1/s1. The zero-order valence-corrected chi connectivity index (χ0v) is 17.7. The maximum Gasteiger partial charge on any atom is 0.187 e. The van der Waals surface area contributed by atoms with E-state index >= 15 is 0 Å². The molecule has 1 fully saturated rings. The molecule has 0 aromatic heterocycles. The van der Waals surface area contributed by atoms with Gasteiger partial charge in [-0.05, 0) is 53.4 Å². The number of ether oxygens (including phenoxy) is 2. The first kappa shape index (κ1) is 24.4. The third kappa shape index (κ3) is 5.65. The van der Waals surface area contributed by atoms with Crippen LogP contribution in [-0.4, -0.2) is 73.7 Å². The molecular weight excluding hydrogens is 380 g/mol. The highest BCUT2D eigenvalue weighted by Crippen LogP contribution is 2.40. The third-order valence-electron chi connectivity index (χ3n) is 6.30. The molecule has 0 saturated carbocycles. The maximum atomic E-state index is 10.4. The number of hydrogen-bond donors (Lipinski definition) is 5. The number of rotatable bonds is 8. The van der Waals surface area contributed by atoms with Crippen molar-refractivity contribution in [2.75, 3.05) is 0 Å². The van der Waals surface area contributed by atoms with E-state index in [2.05, 4.69) is 11.5 Å². The Kier molecular flexibility index (Phi) is 8.03. The van der Waals surface area contributed by atoms with Crippen LogP contribution >= 0.6 is 0 Å². The second-order valence-electron chi connectivity index (χ2n) is 8.92. The lowest BCUT2D eigenvalue weighted by atomic mass is 9.75. The third-order valence-corrected chi connectivity index (χ3v) is 6.30. The van der Waals surface area contributed by atoms with E-state index in [1.165, 1.54) is 0 Å². The van der Waals surface area contributed by atoms with Gasteiger partial charge >= 0.3 is 0 Å². The molecule has 0 bridgehead atoms. The lowest BCUT2D eigenvalue weighted by Crippen LogP contribution is -2.59. The van der Waals surface area contributed by atoms with E-state index in [1.807, 2.05) is 13.0 Å². The molecule has 8 heteroatoms. The van der Waals surface area contributed by atoms with Gasteiger partial charge < -0.3 is 29.9 Å². The summed E-state index contributed by atoms with van der Waals surface area (Å²) in [5.41, 5.74) is -0.976. The molecule has 5 N–H and O–H groups in total. The average molecular weight is 417 g/mol. The molecule has 2 rings (SSSR count). The van der Waals surface area contributed by atoms with Crippen molar-refractivity contribution in [2.45, 2.75) is 101 Å². The second-order valence-corrected chi connectivity index (χ2v) is 8.92. The minimum Gasteiger partial charge on any atom is -0.389 e. The van der Waals surface area contributed by atoms with Crippen molar-refractivity contribution >= 4 is 0 Å². The summed E-state index contributed by atoms with van der Waals surface area (Å²) in [5, 5.41) is 49.7. The van der Waals surface area contributed by atoms with Gasteiger partial charge in [0.1, 0.15) is 23.9 Å². The lowest BCUT2D eigenvalue weighted by molar-refractivity contribution is -0.327. The first-order chi connectivity index (χ1) is 13.4. The molecule has 0 aromatic carbocycles. The molecule has 1 aliphatic carbocycles. The minimum absolute atomic E-state index is 0.113. The zero-order chi connectivity index (χ0) is 22.0. The molecule has 29 heavy (non-hydrogen) atoms. The highest BCUT2D eigenvalue weighted by Gasteiger charge is 2.47. The number of hydrogen-bond acceptors (Lipinski definition) is 8. The first-order valence-corrected chi connectivity index (χ1v) is 10.2. The van der Waals surface area contributed by atoms with E-state index < -0.39 is 48.0 Å². The van der Waals surface area contributed by atoms with E-state index in [0.717, 1.165) is 0 Å². The van der Waals surface area contributed by atoms with Crippen LogP contribution in [0.5, 0.6) is 0 Å². The summed E-state index contributed by atoms with van der Waals surface area (Å²) < 4.78 is 11.8. The Morgan fingerprint density at radius 2 is 1.97 bits per heavy atom. The molecule has 0 aromatic rings. The molecule has 9 atom stereocenters. The number of aliphatic hydroxyl groups is 4. The van der Waals surface area contributed by atoms with Gasteiger partial charge in [0.15, 0.2) is 6.29 Å². The quantitative estimate of drug-likeness (QED) is 0.229. The van der Waals surface area contributed by atoms with Gasteiger partial charge in [-0.1, -0.05) is 24.3 Å². The number of aliphatic hydroxyl groups excluding tert-OH is 4. The first-order valence-electron chi connectivity index (χ1n) is 10.2. The Hall–Kier alpha value is -0.840. The van der Waals surface area contributed by atoms with Crippen LogP contribution in [0.15, 0.2) is 24.3 Å². The largest absolute Gasteiger partial charge is 0.389 e. The van der Waals surface area contributed by atoms with Gasteiger partial charge in [-0.3, -0.25) is 5.26 Å². The summed E-state index contributed by atoms with van der Waals surface area (Å²) in [6.45, 7) is 10.8. The molecule has 1 heterocycles. The van der Waals surface area contributed by atoms with Crippen LogP contribution in [0.2, 0.25) is 0 Å². The Bertz CT molecular complexity index is 595. The molecule has 0 amide bonds. The molecule has 168 valence electrons. The van der Waals surface area contributed by atoms with E-state index in [0.29, 0.717) is 31.3 Å². The fourth-order valence-electron chi connectivity index (χ4n) is 3.90. The Morgan fingerprint density at radius 3 is 2.48 bits per heavy atom. The van der Waals surface area contributed by atoms with Crippen molar-refractivity contribution in [1.29, 1.82) is 0 Å². The summed E-state index contributed by atoms with van der Waals surface area (Å²) in [6, 6.07) is 0. The van der Waals surface area contributed by atoms with Crippen LogP contribution in [0.3, 0.4) is 0 Å². The van der Waals surface area contributed by atoms with Crippen LogP contribution in [0.1, 0.15) is 53.4 Å². The SMILES string of the molecule is C=C(C)C(O)CCC(C)(O[C@@H]1O[C@H](C)[C@H](O)[C@H](O)[C@H]1O)[C@@H]1C=CC(C)(OO)CC1. The van der Waals surface area contributed by atoms with Crippen molar-refractivity contribution in [2.24, 2.45) is 5.92 Å². The Morgan fingerprint density at radius 1 is 1.31 bits per heavy atom. The zero-order valence-electron chi connectivity index (χ0n) is 17.7. The van der Waals surface area contributed by atoms with Crippen molar-refractivity contribution in [3.8, 4) is 0 Å². The van der Waals surface area contributed by atoms with Gasteiger partial charge in [-0.25, -0.2) is 4.89 Å². The van der Waals surface area contributed by atoms with E-state index in [-0.39, 0.29) is 5.92 Å². The average Bonchev–Trinajstić information content (AvgIpc) is 2.69. The summed E-state index contributed by atoms with van der Waals surface area (Å²) in [5.74, 6) is -0.113.